The summed E-state index contributed by atoms with van der Waals surface area (Å²) in [6, 6.07) is 10.2. The first-order chi connectivity index (χ1) is 11.8. The highest BCUT2D eigenvalue weighted by Crippen LogP contribution is 2.13. The van der Waals surface area contributed by atoms with Crippen molar-refractivity contribution in [3.63, 3.8) is 0 Å². The van der Waals surface area contributed by atoms with E-state index < -0.39 is 0 Å². The van der Waals surface area contributed by atoms with E-state index in [-0.39, 0.29) is 0 Å². The van der Waals surface area contributed by atoms with Crippen molar-refractivity contribution >= 4 is 17.6 Å². The Labute approximate surface area is 144 Å². The van der Waals surface area contributed by atoms with Crippen molar-refractivity contribution in [1.82, 2.24) is 9.80 Å². The molecule has 0 unspecified atom stereocenters. The topological polar surface area (TPSA) is 47.9 Å². The zero-order valence-corrected chi connectivity index (χ0v) is 14.4. The van der Waals surface area contributed by atoms with Crippen LogP contribution in [0.4, 0.5) is 5.69 Å². The summed E-state index contributed by atoms with van der Waals surface area (Å²) in [7, 11) is 0. The molecule has 3 rings (SSSR count). The van der Waals surface area contributed by atoms with Crippen LogP contribution in [0.25, 0.3) is 0 Å². The van der Waals surface area contributed by atoms with Gasteiger partial charge in [-0.25, -0.2) is 0 Å². The largest absolute Gasteiger partial charge is 0.343 e. The molecule has 5 nitrogen and oxygen atoms in total. The molecule has 2 aliphatic heterocycles. The molecule has 1 aromatic rings. The standard InChI is InChI=1S/C19H28N4O/c24-18-11-7-15-22(18)16-8-12-20-19(23-13-5-2-6-14-23)21-17-9-3-1-4-10-17/h1,3-4,9-10H,2,5-8,11-16H2,(H,20,21). The highest BCUT2D eigenvalue weighted by Gasteiger charge is 2.19. The van der Waals surface area contributed by atoms with E-state index >= 15 is 0 Å². The molecule has 2 heterocycles. The minimum atomic E-state index is 0.303. The second kappa shape index (κ2) is 8.71. The molecule has 130 valence electrons. The van der Waals surface area contributed by atoms with E-state index in [2.05, 4.69) is 22.3 Å². The second-order valence-corrected chi connectivity index (χ2v) is 6.58. The van der Waals surface area contributed by atoms with Crippen LogP contribution in [0.2, 0.25) is 0 Å². The van der Waals surface area contributed by atoms with Gasteiger partial charge in [0.1, 0.15) is 0 Å². The summed E-state index contributed by atoms with van der Waals surface area (Å²) in [5.74, 6) is 1.28. The van der Waals surface area contributed by atoms with Crippen molar-refractivity contribution in [2.75, 3.05) is 38.0 Å². The second-order valence-electron chi connectivity index (χ2n) is 6.58. The fraction of sp³-hybridized carbons (Fsp3) is 0.579. The Hall–Kier alpha value is -2.04. The summed E-state index contributed by atoms with van der Waals surface area (Å²) in [5.41, 5.74) is 1.08. The number of piperidine rings is 1. The van der Waals surface area contributed by atoms with Crippen LogP contribution in [0.3, 0.4) is 0 Å². The normalized spacial score (nSPS) is 19.0. The molecule has 0 atom stereocenters. The Balaban J connectivity index is 1.56. The Morgan fingerprint density at radius 3 is 2.54 bits per heavy atom. The number of anilines is 1. The van der Waals surface area contributed by atoms with Gasteiger partial charge in [-0.2, -0.15) is 0 Å². The minimum Gasteiger partial charge on any atom is -0.343 e. The number of carbonyl (C=O) groups excluding carboxylic acids is 1. The van der Waals surface area contributed by atoms with E-state index in [1.165, 1.54) is 19.3 Å². The predicted octanol–water partition coefficient (Wildman–Crippen LogP) is 2.95. The fourth-order valence-electron chi connectivity index (χ4n) is 3.36. The van der Waals surface area contributed by atoms with Gasteiger partial charge in [0.2, 0.25) is 5.91 Å². The lowest BCUT2D eigenvalue weighted by atomic mass is 10.1. The van der Waals surface area contributed by atoms with Crippen molar-refractivity contribution in [2.24, 2.45) is 4.99 Å². The molecule has 0 radical (unpaired) electrons. The van der Waals surface area contributed by atoms with E-state index in [4.69, 9.17) is 4.99 Å². The molecular weight excluding hydrogens is 300 g/mol. The summed E-state index contributed by atoms with van der Waals surface area (Å²) < 4.78 is 0. The number of guanidine groups is 1. The molecule has 1 N–H and O–H groups in total. The van der Waals surface area contributed by atoms with Crippen molar-refractivity contribution in [3.05, 3.63) is 30.3 Å². The number of nitrogens with one attached hydrogen (secondary N) is 1. The Morgan fingerprint density at radius 1 is 1.04 bits per heavy atom. The number of hydrogen-bond acceptors (Lipinski definition) is 2. The minimum absolute atomic E-state index is 0.303. The molecule has 0 bridgehead atoms. The highest BCUT2D eigenvalue weighted by atomic mass is 16.2. The monoisotopic (exact) mass is 328 g/mol. The average molecular weight is 328 g/mol. The predicted molar refractivity (Wildman–Crippen MR) is 98.2 cm³/mol. The molecule has 0 saturated carbocycles. The maximum atomic E-state index is 11.7. The van der Waals surface area contributed by atoms with E-state index in [1.807, 2.05) is 23.1 Å². The number of benzene rings is 1. The fourth-order valence-corrected chi connectivity index (χ4v) is 3.36. The number of aliphatic imine (C=N–C) groups is 1. The molecule has 2 fully saturated rings. The third kappa shape index (κ3) is 4.73. The van der Waals surface area contributed by atoms with Crippen molar-refractivity contribution in [1.29, 1.82) is 0 Å². The van der Waals surface area contributed by atoms with E-state index in [0.717, 1.165) is 63.6 Å². The molecule has 1 aromatic carbocycles. The zero-order chi connectivity index (χ0) is 16.6. The van der Waals surface area contributed by atoms with E-state index in [0.29, 0.717) is 5.91 Å². The molecule has 24 heavy (non-hydrogen) atoms. The number of rotatable bonds is 5. The number of hydrogen-bond donors (Lipinski definition) is 1. The van der Waals surface area contributed by atoms with Crippen molar-refractivity contribution < 1.29 is 4.79 Å². The van der Waals surface area contributed by atoms with Gasteiger partial charge in [-0.1, -0.05) is 18.2 Å². The van der Waals surface area contributed by atoms with Crippen LogP contribution in [0, 0.1) is 0 Å². The summed E-state index contributed by atoms with van der Waals surface area (Å²) >= 11 is 0. The quantitative estimate of drug-likeness (QED) is 0.513. The first-order valence-corrected chi connectivity index (χ1v) is 9.22. The summed E-state index contributed by atoms with van der Waals surface area (Å²) in [6.45, 7) is 4.66. The van der Waals surface area contributed by atoms with Gasteiger partial charge in [0, 0.05) is 44.8 Å². The van der Waals surface area contributed by atoms with E-state index in [1.54, 1.807) is 0 Å². The Morgan fingerprint density at radius 2 is 1.83 bits per heavy atom. The summed E-state index contributed by atoms with van der Waals surface area (Å²) in [5, 5.41) is 3.48. The number of likely N-dealkylation sites (tertiary alicyclic amines) is 2. The van der Waals surface area contributed by atoms with Crippen LogP contribution >= 0.6 is 0 Å². The SMILES string of the molecule is O=C1CCCN1CCCN=C(Nc1ccccc1)N1CCCCC1. The molecule has 5 heteroatoms. The van der Waals surface area contributed by atoms with Gasteiger partial charge in [-0.15, -0.1) is 0 Å². The van der Waals surface area contributed by atoms with Crippen molar-refractivity contribution in [3.8, 4) is 0 Å². The molecule has 0 aromatic heterocycles. The van der Waals surface area contributed by atoms with Crippen LogP contribution in [-0.2, 0) is 4.79 Å². The smallest absolute Gasteiger partial charge is 0.222 e. The molecule has 1 amide bonds. The van der Waals surface area contributed by atoms with Crippen LogP contribution in [0.5, 0.6) is 0 Å². The lowest BCUT2D eigenvalue weighted by molar-refractivity contribution is -0.127. The lowest BCUT2D eigenvalue weighted by Crippen LogP contribution is -2.40. The highest BCUT2D eigenvalue weighted by molar-refractivity contribution is 5.93. The summed E-state index contributed by atoms with van der Waals surface area (Å²) in [4.78, 5) is 20.8. The Kier molecular flexibility index (Phi) is 6.10. The molecular formula is C19H28N4O. The van der Waals surface area contributed by atoms with Gasteiger partial charge >= 0.3 is 0 Å². The Bertz CT molecular complexity index is 552. The number of carbonyl (C=O) groups is 1. The first-order valence-electron chi connectivity index (χ1n) is 9.22. The molecule has 2 saturated heterocycles. The van der Waals surface area contributed by atoms with Crippen LogP contribution in [0.15, 0.2) is 35.3 Å². The maximum absolute atomic E-state index is 11.7. The van der Waals surface area contributed by atoms with Crippen molar-refractivity contribution in [2.45, 2.75) is 38.5 Å². The third-order valence-corrected chi connectivity index (χ3v) is 4.70. The lowest BCUT2D eigenvalue weighted by Gasteiger charge is -2.30. The van der Waals surface area contributed by atoms with Gasteiger partial charge in [0.25, 0.3) is 0 Å². The van der Waals surface area contributed by atoms with Crippen LogP contribution in [0.1, 0.15) is 38.5 Å². The molecule has 0 spiro atoms. The van der Waals surface area contributed by atoms with Gasteiger partial charge < -0.3 is 15.1 Å². The van der Waals surface area contributed by atoms with Gasteiger partial charge in [-0.05, 0) is 44.2 Å². The first kappa shape index (κ1) is 16.8. The maximum Gasteiger partial charge on any atom is 0.222 e. The third-order valence-electron chi connectivity index (χ3n) is 4.70. The van der Waals surface area contributed by atoms with Crippen LogP contribution in [-0.4, -0.2) is 54.4 Å². The zero-order valence-electron chi connectivity index (χ0n) is 14.4. The molecule has 2 aliphatic rings. The van der Waals surface area contributed by atoms with Gasteiger partial charge in [0.15, 0.2) is 5.96 Å². The number of nitrogens with zero attached hydrogens (tertiary/aromatic N) is 3. The number of amides is 1. The number of para-hydroxylation sites is 1. The molecule has 0 aliphatic carbocycles. The van der Waals surface area contributed by atoms with Crippen LogP contribution < -0.4 is 5.32 Å². The van der Waals surface area contributed by atoms with Gasteiger partial charge in [-0.3, -0.25) is 9.79 Å². The average Bonchev–Trinajstić information content (AvgIpc) is 3.04. The summed E-state index contributed by atoms with van der Waals surface area (Å²) in [6.07, 6.45) is 6.44. The van der Waals surface area contributed by atoms with Gasteiger partial charge in [0.05, 0.1) is 0 Å². The van der Waals surface area contributed by atoms with E-state index in [9.17, 15) is 4.79 Å².